The molecule has 0 bridgehead atoms. The van der Waals surface area contributed by atoms with Crippen molar-refractivity contribution in [2.75, 3.05) is 63.2 Å². The van der Waals surface area contributed by atoms with E-state index in [1.807, 2.05) is 24.3 Å². The van der Waals surface area contributed by atoms with Gasteiger partial charge in [0.05, 0.1) is 31.7 Å². The fourth-order valence-electron chi connectivity index (χ4n) is 3.99. The van der Waals surface area contributed by atoms with Crippen molar-refractivity contribution in [2.24, 2.45) is 0 Å². The number of hydrogen-bond acceptors (Lipinski definition) is 9. The van der Waals surface area contributed by atoms with Crippen molar-refractivity contribution in [2.45, 2.75) is 25.7 Å². The van der Waals surface area contributed by atoms with E-state index in [1.165, 1.54) is 0 Å². The summed E-state index contributed by atoms with van der Waals surface area (Å²) in [5.41, 5.74) is 0.392. The Morgan fingerprint density at radius 3 is 2.28 bits per heavy atom. The van der Waals surface area contributed by atoms with Gasteiger partial charge in [-0.3, -0.25) is 19.5 Å². The molecule has 0 unspecified atom stereocenters. The van der Waals surface area contributed by atoms with E-state index >= 15 is 0 Å². The van der Waals surface area contributed by atoms with Crippen molar-refractivity contribution in [3.63, 3.8) is 0 Å². The van der Waals surface area contributed by atoms with Crippen LogP contribution in [0.2, 0.25) is 0 Å². The number of morpholine rings is 1. The Bertz CT molecular complexity index is 1120. The summed E-state index contributed by atoms with van der Waals surface area (Å²) >= 11 is 0. The maximum Gasteiger partial charge on any atom is 0.253 e. The molecule has 9 nitrogen and oxygen atoms in total. The zero-order chi connectivity index (χ0) is 25.0. The number of anilines is 3. The van der Waals surface area contributed by atoms with Crippen molar-refractivity contribution < 1.29 is 14.2 Å². The molecule has 1 aromatic heterocycles. The lowest BCUT2D eigenvalue weighted by Gasteiger charge is -2.26. The van der Waals surface area contributed by atoms with Gasteiger partial charge in [0.15, 0.2) is 0 Å². The van der Waals surface area contributed by atoms with Crippen LogP contribution in [0.15, 0.2) is 58.4 Å². The van der Waals surface area contributed by atoms with E-state index in [1.54, 1.807) is 24.5 Å². The highest BCUT2D eigenvalue weighted by Crippen LogP contribution is 2.20. The van der Waals surface area contributed by atoms with Crippen molar-refractivity contribution in [3.05, 3.63) is 69.2 Å². The number of nitrogens with zero attached hydrogens (tertiary/aromatic N) is 2. The van der Waals surface area contributed by atoms with E-state index in [9.17, 15) is 9.59 Å². The lowest BCUT2D eigenvalue weighted by molar-refractivity contribution is 0.0322. The van der Waals surface area contributed by atoms with Gasteiger partial charge in [0.1, 0.15) is 29.5 Å². The predicted molar refractivity (Wildman–Crippen MR) is 141 cm³/mol. The van der Waals surface area contributed by atoms with Crippen LogP contribution in [0.25, 0.3) is 0 Å². The molecule has 0 amide bonds. The molecule has 36 heavy (non-hydrogen) atoms. The van der Waals surface area contributed by atoms with Crippen LogP contribution < -0.4 is 31.0 Å². The molecule has 3 aromatic rings. The van der Waals surface area contributed by atoms with Crippen LogP contribution >= 0.6 is 0 Å². The van der Waals surface area contributed by atoms with Crippen LogP contribution in [0, 0.1) is 0 Å². The largest absolute Gasteiger partial charge is 0.494 e. The van der Waals surface area contributed by atoms with Gasteiger partial charge in [0.2, 0.25) is 0 Å². The molecule has 9 heteroatoms. The minimum absolute atomic E-state index is 0.315. The smallest absolute Gasteiger partial charge is 0.253 e. The second kappa shape index (κ2) is 13.6. The minimum Gasteiger partial charge on any atom is -0.494 e. The summed E-state index contributed by atoms with van der Waals surface area (Å²) in [5, 5.41) is 6.07. The van der Waals surface area contributed by atoms with Crippen LogP contribution in [0.5, 0.6) is 11.5 Å². The molecule has 2 N–H and O–H groups in total. The highest BCUT2D eigenvalue weighted by molar-refractivity contribution is 5.78. The maximum atomic E-state index is 11.9. The van der Waals surface area contributed by atoms with Gasteiger partial charge >= 0.3 is 0 Å². The quantitative estimate of drug-likeness (QED) is 0.244. The first-order valence-corrected chi connectivity index (χ1v) is 12.6. The number of ether oxygens (including phenoxy) is 3. The molecule has 2 heterocycles. The number of unbranched alkanes of at least 4 members (excludes halogenated alkanes) is 3. The fraction of sp³-hybridized carbons (Fsp3) is 0.444. The summed E-state index contributed by atoms with van der Waals surface area (Å²) in [6.07, 6.45) is 7.15. The standard InChI is InChI=1S/C27H34N4O5/c32-26-24(25(27(26)33)30-21-6-5-11-28-20-21)29-12-3-1-2-4-16-35-22-7-9-23(10-8-22)36-19-15-31-13-17-34-18-14-31/h5-11,20,29-30H,1-4,12-19H2. The zero-order valence-corrected chi connectivity index (χ0v) is 20.5. The monoisotopic (exact) mass is 494 g/mol. The molecule has 2 aromatic carbocycles. The molecule has 4 rings (SSSR count). The predicted octanol–water partition coefficient (Wildman–Crippen LogP) is 3.18. The normalized spacial score (nSPS) is 14.0. The molecule has 0 radical (unpaired) electrons. The van der Waals surface area contributed by atoms with Crippen molar-refractivity contribution >= 4 is 17.1 Å². The summed E-state index contributed by atoms with van der Waals surface area (Å²) in [4.78, 5) is 30.1. The molecule has 192 valence electrons. The Hall–Kier alpha value is -3.43. The van der Waals surface area contributed by atoms with Gasteiger partial charge in [-0.15, -0.1) is 0 Å². The first-order valence-electron chi connectivity index (χ1n) is 12.6. The van der Waals surface area contributed by atoms with E-state index in [4.69, 9.17) is 14.2 Å². The van der Waals surface area contributed by atoms with Gasteiger partial charge in [0, 0.05) is 32.4 Å². The Morgan fingerprint density at radius 1 is 0.861 bits per heavy atom. The Balaban J connectivity index is 1.05. The highest BCUT2D eigenvalue weighted by Gasteiger charge is 2.20. The first kappa shape index (κ1) is 25.7. The second-order valence-corrected chi connectivity index (χ2v) is 8.74. The molecule has 0 atom stereocenters. The molecule has 0 spiro atoms. The second-order valence-electron chi connectivity index (χ2n) is 8.74. The lowest BCUT2D eigenvalue weighted by atomic mass is 10.1. The lowest BCUT2D eigenvalue weighted by Crippen LogP contribution is -2.38. The average Bonchev–Trinajstić information content (AvgIpc) is 2.93. The van der Waals surface area contributed by atoms with E-state index < -0.39 is 10.9 Å². The zero-order valence-electron chi connectivity index (χ0n) is 20.5. The van der Waals surface area contributed by atoms with E-state index in [-0.39, 0.29) is 0 Å². The van der Waals surface area contributed by atoms with Gasteiger partial charge < -0.3 is 24.8 Å². The Morgan fingerprint density at radius 2 is 1.56 bits per heavy atom. The SMILES string of the molecule is O=c1c(NCCCCCCOc2ccc(OCCN3CCOCC3)cc2)c(Nc2cccnc2)c1=O. The van der Waals surface area contributed by atoms with Gasteiger partial charge in [-0.2, -0.15) is 0 Å². The summed E-state index contributed by atoms with van der Waals surface area (Å²) in [5.74, 6) is 1.69. The van der Waals surface area contributed by atoms with Crippen molar-refractivity contribution in [1.82, 2.24) is 9.88 Å². The number of hydrogen-bond donors (Lipinski definition) is 2. The number of nitrogens with one attached hydrogen (secondary N) is 2. The number of aromatic nitrogens is 1. The van der Waals surface area contributed by atoms with E-state index in [0.29, 0.717) is 36.8 Å². The molecule has 0 aliphatic carbocycles. The van der Waals surface area contributed by atoms with Gasteiger partial charge in [-0.1, -0.05) is 12.8 Å². The number of pyridine rings is 1. The Kier molecular flexibility index (Phi) is 9.70. The highest BCUT2D eigenvalue weighted by atomic mass is 16.5. The maximum absolute atomic E-state index is 11.9. The molecular formula is C27H34N4O5. The van der Waals surface area contributed by atoms with Gasteiger partial charge in [-0.25, -0.2) is 0 Å². The average molecular weight is 495 g/mol. The van der Waals surface area contributed by atoms with Gasteiger partial charge in [-0.05, 0) is 49.2 Å². The van der Waals surface area contributed by atoms with Crippen LogP contribution in [-0.4, -0.2) is 62.5 Å². The van der Waals surface area contributed by atoms with Crippen LogP contribution in [-0.2, 0) is 4.74 Å². The number of rotatable bonds is 15. The minimum atomic E-state index is -0.494. The summed E-state index contributed by atoms with van der Waals surface area (Å²) < 4.78 is 17.0. The van der Waals surface area contributed by atoms with Gasteiger partial charge in [0.25, 0.3) is 10.9 Å². The van der Waals surface area contributed by atoms with Crippen molar-refractivity contribution in [1.29, 1.82) is 0 Å². The fourth-order valence-corrected chi connectivity index (χ4v) is 3.99. The third-order valence-electron chi connectivity index (χ3n) is 6.09. The summed E-state index contributed by atoms with van der Waals surface area (Å²) in [6.45, 7) is 6.41. The molecule has 1 aliphatic rings. The molecule has 1 aliphatic heterocycles. The topological polar surface area (TPSA) is 102 Å². The Labute approximate surface area is 211 Å². The van der Waals surface area contributed by atoms with Crippen LogP contribution in [0.3, 0.4) is 0 Å². The van der Waals surface area contributed by atoms with E-state index in [0.717, 1.165) is 70.0 Å². The third-order valence-corrected chi connectivity index (χ3v) is 6.09. The summed E-state index contributed by atoms with van der Waals surface area (Å²) in [6, 6.07) is 11.3. The number of benzene rings is 1. The molecule has 1 saturated heterocycles. The van der Waals surface area contributed by atoms with Crippen LogP contribution in [0.4, 0.5) is 17.1 Å². The van der Waals surface area contributed by atoms with E-state index in [2.05, 4.69) is 20.5 Å². The third kappa shape index (κ3) is 7.53. The van der Waals surface area contributed by atoms with Crippen molar-refractivity contribution in [3.8, 4) is 11.5 Å². The molecule has 0 saturated carbocycles. The van der Waals surface area contributed by atoms with Crippen LogP contribution in [0.1, 0.15) is 25.7 Å². The molecule has 1 fully saturated rings. The summed E-state index contributed by atoms with van der Waals surface area (Å²) in [7, 11) is 0. The molecular weight excluding hydrogens is 460 g/mol. The first-order chi connectivity index (χ1) is 17.7.